The number of unbranched alkanes of at least 4 members (excludes halogenated alkanes) is 4. The van der Waals surface area contributed by atoms with Crippen LogP contribution >= 0.6 is 0 Å². The third-order valence-corrected chi connectivity index (χ3v) is 5.39. The summed E-state index contributed by atoms with van der Waals surface area (Å²) in [5, 5.41) is 3.07. The van der Waals surface area contributed by atoms with E-state index in [2.05, 4.69) is 12.2 Å². The highest BCUT2D eigenvalue weighted by atomic mass is 16.6. The van der Waals surface area contributed by atoms with Crippen molar-refractivity contribution in [3.63, 3.8) is 0 Å². The molecule has 3 rings (SSSR count). The number of nitrogens with one attached hydrogen (secondary N) is 1. The number of fused-ring (bicyclic) bond motifs is 1. The van der Waals surface area contributed by atoms with Crippen LogP contribution in [-0.2, 0) is 11.2 Å². The third-order valence-electron chi connectivity index (χ3n) is 5.39. The second-order valence-corrected chi connectivity index (χ2v) is 9.47. The number of esters is 1. The molecule has 0 aliphatic rings. The molecule has 1 amide bonds. The molecule has 0 radical (unpaired) electrons. The number of benzene rings is 2. The topological polar surface area (TPSA) is 85.6 Å². The molecule has 3 aromatic rings. The summed E-state index contributed by atoms with van der Waals surface area (Å²) >= 11 is 0. The number of hydrogen-bond acceptors (Lipinski definition) is 5. The van der Waals surface area contributed by atoms with Crippen molar-refractivity contribution in [2.45, 2.75) is 71.8 Å². The van der Waals surface area contributed by atoms with Crippen molar-refractivity contribution in [2.24, 2.45) is 0 Å². The molecule has 0 bridgehead atoms. The van der Waals surface area contributed by atoms with Crippen molar-refractivity contribution in [2.75, 3.05) is 5.32 Å². The van der Waals surface area contributed by atoms with Gasteiger partial charge in [0.25, 0.3) is 5.91 Å². The van der Waals surface area contributed by atoms with Gasteiger partial charge < -0.3 is 14.5 Å². The number of ether oxygens (including phenoxy) is 1. The highest BCUT2D eigenvalue weighted by molar-refractivity contribution is 6.08. The van der Waals surface area contributed by atoms with E-state index in [1.165, 1.54) is 31.2 Å². The van der Waals surface area contributed by atoms with Crippen LogP contribution in [0.4, 0.5) is 5.69 Å². The van der Waals surface area contributed by atoms with Crippen molar-refractivity contribution < 1.29 is 18.7 Å². The quantitative estimate of drug-likeness (QED) is 0.289. The smallest absolute Gasteiger partial charge is 0.374 e. The van der Waals surface area contributed by atoms with E-state index in [9.17, 15) is 14.4 Å². The lowest BCUT2D eigenvalue weighted by molar-refractivity contribution is 0.00364. The van der Waals surface area contributed by atoms with Crippen molar-refractivity contribution in [1.82, 2.24) is 0 Å². The first-order valence-corrected chi connectivity index (χ1v) is 11.9. The zero-order valence-electron chi connectivity index (χ0n) is 20.4. The van der Waals surface area contributed by atoms with Gasteiger partial charge in [-0.15, -0.1) is 0 Å². The zero-order valence-corrected chi connectivity index (χ0v) is 20.4. The molecule has 0 aliphatic carbocycles. The molecule has 34 heavy (non-hydrogen) atoms. The number of aryl methyl sites for hydroxylation is 1. The van der Waals surface area contributed by atoms with Crippen LogP contribution in [0.25, 0.3) is 11.0 Å². The Morgan fingerprint density at radius 1 is 0.971 bits per heavy atom. The summed E-state index contributed by atoms with van der Waals surface area (Å²) in [7, 11) is 0. The predicted molar refractivity (Wildman–Crippen MR) is 135 cm³/mol. The van der Waals surface area contributed by atoms with Crippen molar-refractivity contribution >= 4 is 28.5 Å². The van der Waals surface area contributed by atoms with E-state index in [1.807, 2.05) is 12.1 Å². The molecule has 1 N–H and O–H groups in total. The van der Waals surface area contributed by atoms with Crippen LogP contribution in [0.3, 0.4) is 0 Å². The Kier molecular flexibility index (Phi) is 8.26. The molecule has 0 atom stereocenters. The molecule has 6 heteroatoms. The van der Waals surface area contributed by atoms with Gasteiger partial charge in [0.1, 0.15) is 5.60 Å². The molecule has 0 saturated heterocycles. The van der Waals surface area contributed by atoms with Crippen LogP contribution < -0.4 is 10.7 Å². The second-order valence-electron chi connectivity index (χ2n) is 9.47. The van der Waals surface area contributed by atoms with Gasteiger partial charge in [-0.2, -0.15) is 0 Å². The Labute approximate surface area is 200 Å². The van der Waals surface area contributed by atoms with Crippen LogP contribution in [0, 0.1) is 0 Å². The molecule has 0 spiro atoms. The van der Waals surface area contributed by atoms with Gasteiger partial charge in [-0.3, -0.25) is 9.59 Å². The zero-order chi connectivity index (χ0) is 24.7. The van der Waals surface area contributed by atoms with E-state index >= 15 is 0 Å². The fourth-order valence-corrected chi connectivity index (χ4v) is 3.65. The van der Waals surface area contributed by atoms with Gasteiger partial charge >= 0.3 is 5.97 Å². The predicted octanol–water partition coefficient (Wildman–Crippen LogP) is 6.51. The lowest BCUT2D eigenvalue weighted by Gasteiger charge is -2.19. The van der Waals surface area contributed by atoms with Gasteiger partial charge in [0, 0.05) is 11.6 Å². The van der Waals surface area contributed by atoms with Gasteiger partial charge in [0.15, 0.2) is 11.0 Å². The van der Waals surface area contributed by atoms with E-state index in [0.717, 1.165) is 18.9 Å². The maximum absolute atomic E-state index is 12.9. The van der Waals surface area contributed by atoms with E-state index in [1.54, 1.807) is 51.1 Å². The molecule has 0 fully saturated rings. The van der Waals surface area contributed by atoms with Gasteiger partial charge in [-0.25, -0.2) is 4.79 Å². The van der Waals surface area contributed by atoms with E-state index in [4.69, 9.17) is 9.15 Å². The lowest BCUT2D eigenvalue weighted by Crippen LogP contribution is -2.24. The number of hydrogen-bond donors (Lipinski definition) is 1. The molecule has 1 heterocycles. The number of rotatable bonds is 9. The Bertz CT molecular complexity index is 1200. The number of amides is 1. The summed E-state index contributed by atoms with van der Waals surface area (Å²) in [6.07, 6.45) is 7.11. The maximum atomic E-state index is 12.9. The summed E-state index contributed by atoms with van der Waals surface area (Å²) in [6.45, 7) is 7.39. The minimum atomic E-state index is -0.738. The lowest BCUT2D eigenvalue weighted by atomic mass is 10.0. The summed E-state index contributed by atoms with van der Waals surface area (Å²) in [6, 6.07) is 13.5. The Hall–Kier alpha value is -3.41. The fraction of sp³-hybridized carbons (Fsp3) is 0.393. The number of carbonyl (C=O) groups is 2. The molecular formula is C28H33NO5. The van der Waals surface area contributed by atoms with Gasteiger partial charge in [0.05, 0.1) is 11.1 Å². The van der Waals surface area contributed by atoms with Crippen LogP contribution in [0.1, 0.15) is 86.3 Å². The maximum Gasteiger partial charge on any atom is 0.374 e. The van der Waals surface area contributed by atoms with Crippen molar-refractivity contribution in [1.29, 1.82) is 0 Å². The Morgan fingerprint density at radius 3 is 2.35 bits per heavy atom. The highest BCUT2D eigenvalue weighted by Crippen LogP contribution is 2.24. The monoisotopic (exact) mass is 463 g/mol. The van der Waals surface area contributed by atoms with Crippen molar-refractivity contribution in [3.05, 3.63) is 75.6 Å². The number of para-hydroxylation sites is 1. The molecule has 0 unspecified atom stereocenters. The normalized spacial score (nSPS) is 11.4. The largest absolute Gasteiger partial charge is 0.454 e. The molecule has 0 saturated carbocycles. The summed E-state index contributed by atoms with van der Waals surface area (Å²) in [5.74, 6) is -1.28. The number of anilines is 1. The fourth-order valence-electron chi connectivity index (χ4n) is 3.65. The average Bonchev–Trinajstić information content (AvgIpc) is 2.78. The summed E-state index contributed by atoms with van der Waals surface area (Å²) < 4.78 is 11.0. The molecule has 0 aliphatic heterocycles. The van der Waals surface area contributed by atoms with E-state index < -0.39 is 11.6 Å². The standard InChI is InChI=1S/C28H33NO5/c1-5-6-7-8-9-11-19-14-16-20(17-15-19)26(31)29-22-13-10-12-21-23(30)18-24(33-25(21)22)27(32)34-28(2,3)4/h10,12-18H,5-9,11H2,1-4H3,(H,29,31). The molecule has 2 aromatic carbocycles. The van der Waals surface area contributed by atoms with Crippen molar-refractivity contribution in [3.8, 4) is 0 Å². The van der Waals surface area contributed by atoms with Gasteiger partial charge in [-0.05, 0) is 63.4 Å². The highest BCUT2D eigenvalue weighted by Gasteiger charge is 2.22. The van der Waals surface area contributed by atoms with E-state index in [-0.39, 0.29) is 28.1 Å². The van der Waals surface area contributed by atoms with Crippen LogP contribution in [0.5, 0.6) is 0 Å². The molecule has 180 valence electrons. The third kappa shape index (κ3) is 6.80. The minimum Gasteiger partial charge on any atom is -0.454 e. The first-order chi connectivity index (χ1) is 16.2. The SMILES string of the molecule is CCCCCCCc1ccc(C(=O)Nc2cccc3c(=O)cc(C(=O)OC(C)(C)C)oc23)cc1. The second kappa shape index (κ2) is 11.1. The van der Waals surface area contributed by atoms with Crippen LogP contribution in [-0.4, -0.2) is 17.5 Å². The van der Waals surface area contributed by atoms with E-state index in [0.29, 0.717) is 11.3 Å². The average molecular weight is 464 g/mol. The minimum absolute atomic E-state index is 0.132. The summed E-state index contributed by atoms with van der Waals surface area (Å²) in [4.78, 5) is 37.9. The van der Waals surface area contributed by atoms with Crippen LogP contribution in [0.15, 0.2) is 57.7 Å². The molecule has 1 aromatic heterocycles. The van der Waals surface area contributed by atoms with Gasteiger partial charge in [0.2, 0.25) is 5.76 Å². The number of carbonyl (C=O) groups excluding carboxylic acids is 2. The Morgan fingerprint density at radius 2 is 1.68 bits per heavy atom. The Balaban J connectivity index is 1.77. The molecular weight excluding hydrogens is 430 g/mol. The molecule has 6 nitrogen and oxygen atoms in total. The first kappa shape index (κ1) is 25.2. The van der Waals surface area contributed by atoms with Crippen LogP contribution in [0.2, 0.25) is 0 Å². The first-order valence-electron chi connectivity index (χ1n) is 11.9. The van der Waals surface area contributed by atoms with Gasteiger partial charge in [-0.1, -0.05) is 50.8 Å². The summed E-state index contributed by atoms with van der Waals surface area (Å²) in [5.41, 5.74) is 1.02.